The molecule has 1 aliphatic rings. The zero-order chi connectivity index (χ0) is 19.9. The fourth-order valence-corrected chi connectivity index (χ4v) is 3.26. The molecule has 0 unspecified atom stereocenters. The lowest BCUT2D eigenvalue weighted by atomic mass is 10.1. The van der Waals surface area contributed by atoms with Gasteiger partial charge in [0.1, 0.15) is 17.9 Å². The van der Waals surface area contributed by atoms with Gasteiger partial charge in [-0.25, -0.2) is 0 Å². The number of amides is 1. The first-order valence-electron chi connectivity index (χ1n) is 9.86. The lowest BCUT2D eigenvalue weighted by molar-refractivity contribution is 0.0492. The number of nitrogens with one attached hydrogen (secondary N) is 1. The zero-order valence-corrected chi connectivity index (χ0v) is 16.5. The SMILES string of the molecule is CC(C)c1ccc(C(=O)N(CCOc2ccccc2)C[C@@H]2CCCO2)c(=O)[nH]1. The van der Waals surface area contributed by atoms with E-state index < -0.39 is 0 Å². The minimum atomic E-state index is -0.350. The van der Waals surface area contributed by atoms with Gasteiger partial charge in [0, 0.05) is 18.8 Å². The topological polar surface area (TPSA) is 71.6 Å². The number of hydrogen-bond acceptors (Lipinski definition) is 4. The third-order valence-electron chi connectivity index (χ3n) is 4.89. The largest absolute Gasteiger partial charge is 0.492 e. The first-order valence-corrected chi connectivity index (χ1v) is 9.86. The third kappa shape index (κ3) is 5.23. The van der Waals surface area contributed by atoms with Crippen LogP contribution in [0, 0.1) is 0 Å². The first-order chi connectivity index (χ1) is 13.5. The Morgan fingerprint density at radius 2 is 2.04 bits per heavy atom. The molecule has 28 heavy (non-hydrogen) atoms. The second-order valence-corrected chi connectivity index (χ2v) is 7.36. The standard InChI is InChI=1S/C22H28N2O4/c1-16(2)20-11-10-19(21(25)23-20)22(26)24(15-18-9-6-13-27-18)12-14-28-17-7-4-3-5-8-17/h3-5,7-8,10-11,16,18H,6,9,12-15H2,1-2H3,(H,23,25)/t18-/m0/s1. The van der Waals surface area contributed by atoms with Gasteiger partial charge in [0.15, 0.2) is 0 Å². The molecule has 0 bridgehead atoms. The van der Waals surface area contributed by atoms with Gasteiger partial charge in [-0.15, -0.1) is 0 Å². The highest BCUT2D eigenvalue weighted by Crippen LogP contribution is 2.16. The lowest BCUT2D eigenvalue weighted by Crippen LogP contribution is -2.42. The molecule has 0 spiro atoms. The Bertz CT molecular complexity index is 826. The number of ether oxygens (including phenoxy) is 2. The van der Waals surface area contributed by atoms with Crippen molar-refractivity contribution < 1.29 is 14.3 Å². The molecule has 6 heteroatoms. The molecule has 6 nitrogen and oxygen atoms in total. The van der Waals surface area contributed by atoms with E-state index >= 15 is 0 Å². The Labute approximate surface area is 165 Å². The Hall–Kier alpha value is -2.60. The summed E-state index contributed by atoms with van der Waals surface area (Å²) in [6.07, 6.45) is 1.93. The van der Waals surface area contributed by atoms with Crippen LogP contribution in [0.15, 0.2) is 47.3 Å². The van der Waals surface area contributed by atoms with Gasteiger partial charge in [0.2, 0.25) is 0 Å². The lowest BCUT2D eigenvalue weighted by Gasteiger charge is -2.25. The van der Waals surface area contributed by atoms with E-state index in [1.54, 1.807) is 11.0 Å². The van der Waals surface area contributed by atoms with Gasteiger partial charge in [0.05, 0.1) is 12.6 Å². The molecule has 1 atom stereocenters. The second-order valence-electron chi connectivity index (χ2n) is 7.36. The molecule has 1 fully saturated rings. The summed E-state index contributed by atoms with van der Waals surface area (Å²) >= 11 is 0. The molecule has 1 saturated heterocycles. The summed E-state index contributed by atoms with van der Waals surface area (Å²) in [7, 11) is 0. The highest BCUT2D eigenvalue weighted by molar-refractivity contribution is 5.93. The van der Waals surface area contributed by atoms with Crippen molar-refractivity contribution in [3.05, 3.63) is 64.1 Å². The molecule has 2 aromatic rings. The number of benzene rings is 1. The van der Waals surface area contributed by atoms with Gasteiger partial charge in [-0.3, -0.25) is 9.59 Å². The number of H-pyrrole nitrogens is 1. The average molecular weight is 384 g/mol. The van der Waals surface area contributed by atoms with Crippen LogP contribution in [-0.4, -0.2) is 48.2 Å². The van der Waals surface area contributed by atoms with E-state index in [0.29, 0.717) is 19.7 Å². The molecule has 0 aliphatic carbocycles. The monoisotopic (exact) mass is 384 g/mol. The Morgan fingerprint density at radius 1 is 1.25 bits per heavy atom. The van der Waals surface area contributed by atoms with Crippen LogP contribution in [0.4, 0.5) is 0 Å². The summed E-state index contributed by atoms with van der Waals surface area (Å²) in [6, 6.07) is 12.9. The van der Waals surface area contributed by atoms with Crippen molar-refractivity contribution in [1.29, 1.82) is 0 Å². The van der Waals surface area contributed by atoms with Gasteiger partial charge < -0.3 is 19.4 Å². The molecule has 0 saturated carbocycles. The number of aromatic amines is 1. The third-order valence-corrected chi connectivity index (χ3v) is 4.89. The molecule has 1 N–H and O–H groups in total. The summed E-state index contributed by atoms with van der Waals surface area (Å²) in [5.41, 5.74) is 0.624. The van der Waals surface area contributed by atoms with Crippen molar-refractivity contribution in [2.24, 2.45) is 0 Å². The van der Waals surface area contributed by atoms with E-state index in [0.717, 1.165) is 30.9 Å². The minimum Gasteiger partial charge on any atom is -0.492 e. The number of pyridine rings is 1. The average Bonchev–Trinajstić information content (AvgIpc) is 3.20. The molecular formula is C22H28N2O4. The van der Waals surface area contributed by atoms with Crippen molar-refractivity contribution in [3.8, 4) is 5.75 Å². The fraction of sp³-hybridized carbons (Fsp3) is 0.455. The van der Waals surface area contributed by atoms with Crippen LogP contribution in [0.3, 0.4) is 0 Å². The molecule has 2 heterocycles. The van der Waals surface area contributed by atoms with E-state index in [2.05, 4.69) is 4.98 Å². The Kier molecular flexibility index (Phi) is 6.87. The summed E-state index contributed by atoms with van der Waals surface area (Å²) in [4.78, 5) is 30.0. The number of carbonyl (C=O) groups is 1. The molecular weight excluding hydrogens is 356 g/mol. The minimum absolute atomic E-state index is 0.00898. The molecule has 1 aromatic carbocycles. The first kappa shape index (κ1) is 20.1. The van der Waals surface area contributed by atoms with Gasteiger partial charge in [0.25, 0.3) is 11.5 Å². The Morgan fingerprint density at radius 3 is 2.68 bits per heavy atom. The number of carbonyl (C=O) groups excluding carboxylic acids is 1. The van der Waals surface area contributed by atoms with E-state index in [4.69, 9.17) is 9.47 Å². The van der Waals surface area contributed by atoms with Crippen molar-refractivity contribution in [3.63, 3.8) is 0 Å². The maximum atomic E-state index is 13.1. The van der Waals surface area contributed by atoms with E-state index in [1.807, 2.05) is 50.2 Å². The molecule has 150 valence electrons. The van der Waals surface area contributed by atoms with Crippen LogP contribution in [0.2, 0.25) is 0 Å². The molecule has 1 amide bonds. The van der Waals surface area contributed by atoms with Gasteiger partial charge in [-0.05, 0) is 43.0 Å². The maximum Gasteiger partial charge on any atom is 0.261 e. The Balaban J connectivity index is 1.71. The van der Waals surface area contributed by atoms with Crippen LogP contribution >= 0.6 is 0 Å². The number of hydrogen-bond donors (Lipinski definition) is 1. The van der Waals surface area contributed by atoms with Crippen LogP contribution in [0.5, 0.6) is 5.75 Å². The van der Waals surface area contributed by atoms with Gasteiger partial charge in [-0.1, -0.05) is 32.0 Å². The van der Waals surface area contributed by atoms with E-state index in [9.17, 15) is 9.59 Å². The summed E-state index contributed by atoms with van der Waals surface area (Å²) in [5.74, 6) is 0.661. The van der Waals surface area contributed by atoms with E-state index in [1.165, 1.54) is 0 Å². The number of rotatable bonds is 8. The normalized spacial score (nSPS) is 16.3. The highest BCUT2D eigenvalue weighted by atomic mass is 16.5. The van der Waals surface area contributed by atoms with Crippen LogP contribution in [-0.2, 0) is 4.74 Å². The number of para-hydroxylation sites is 1. The van der Waals surface area contributed by atoms with Crippen LogP contribution < -0.4 is 10.3 Å². The van der Waals surface area contributed by atoms with Crippen molar-refractivity contribution >= 4 is 5.91 Å². The molecule has 1 aromatic heterocycles. The zero-order valence-electron chi connectivity index (χ0n) is 16.5. The molecule has 3 rings (SSSR count). The smallest absolute Gasteiger partial charge is 0.261 e. The van der Waals surface area contributed by atoms with Crippen molar-refractivity contribution in [2.45, 2.75) is 38.7 Å². The maximum absolute atomic E-state index is 13.1. The van der Waals surface area contributed by atoms with Gasteiger partial charge >= 0.3 is 0 Å². The number of nitrogens with zero attached hydrogens (tertiary/aromatic N) is 1. The molecule has 0 radical (unpaired) electrons. The fourth-order valence-electron chi connectivity index (χ4n) is 3.26. The van der Waals surface area contributed by atoms with Crippen LogP contribution in [0.25, 0.3) is 0 Å². The number of aromatic nitrogens is 1. The van der Waals surface area contributed by atoms with Crippen LogP contribution in [0.1, 0.15) is 48.7 Å². The highest BCUT2D eigenvalue weighted by Gasteiger charge is 2.25. The summed E-state index contributed by atoms with van der Waals surface area (Å²) in [6.45, 7) is 5.91. The summed E-state index contributed by atoms with van der Waals surface area (Å²) in [5, 5.41) is 0. The summed E-state index contributed by atoms with van der Waals surface area (Å²) < 4.78 is 11.4. The molecule has 1 aliphatic heterocycles. The van der Waals surface area contributed by atoms with Gasteiger partial charge in [-0.2, -0.15) is 0 Å². The predicted molar refractivity (Wildman–Crippen MR) is 108 cm³/mol. The van der Waals surface area contributed by atoms with Crippen molar-refractivity contribution in [1.82, 2.24) is 9.88 Å². The predicted octanol–water partition coefficient (Wildman–Crippen LogP) is 3.20. The second kappa shape index (κ2) is 9.55. The van der Waals surface area contributed by atoms with E-state index in [-0.39, 0.29) is 29.1 Å². The quantitative estimate of drug-likeness (QED) is 0.759. The van der Waals surface area contributed by atoms with Crippen molar-refractivity contribution in [2.75, 3.05) is 26.3 Å².